The number of carbonyl (C=O) groups is 1. The number of aromatic nitrogens is 2. The first-order valence-electron chi connectivity index (χ1n) is 13.5. The highest BCUT2D eigenvalue weighted by Gasteiger charge is 2.29. The van der Waals surface area contributed by atoms with Crippen molar-refractivity contribution in [2.75, 3.05) is 37.6 Å². The van der Waals surface area contributed by atoms with E-state index < -0.39 is 0 Å². The SMILES string of the molecule is CCN1CCN(c2c(CN(C(=O)CCC3CCCC3)C(C)C)c(C)nn2-c2cccc(F)c2)CC1. The molecule has 1 aromatic carbocycles. The zero-order valence-electron chi connectivity index (χ0n) is 22.0. The van der Waals surface area contributed by atoms with Gasteiger partial charge in [-0.05, 0) is 57.9 Å². The molecule has 1 amide bonds. The van der Waals surface area contributed by atoms with Crippen molar-refractivity contribution in [2.24, 2.45) is 5.92 Å². The molecule has 2 fully saturated rings. The van der Waals surface area contributed by atoms with Crippen LogP contribution in [0.5, 0.6) is 0 Å². The van der Waals surface area contributed by atoms with Crippen molar-refractivity contribution >= 4 is 11.7 Å². The van der Waals surface area contributed by atoms with Gasteiger partial charge in [-0.25, -0.2) is 9.07 Å². The van der Waals surface area contributed by atoms with Crippen LogP contribution in [0.15, 0.2) is 24.3 Å². The van der Waals surface area contributed by atoms with E-state index in [1.54, 1.807) is 6.07 Å². The van der Waals surface area contributed by atoms with E-state index >= 15 is 0 Å². The third kappa shape index (κ3) is 6.05. The second-order valence-electron chi connectivity index (χ2n) is 10.5. The number of halogens is 1. The lowest BCUT2D eigenvalue weighted by Crippen LogP contribution is -2.47. The third-order valence-electron chi connectivity index (χ3n) is 7.84. The van der Waals surface area contributed by atoms with E-state index in [4.69, 9.17) is 5.10 Å². The number of likely N-dealkylation sites (N-methyl/N-ethyl adjacent to an activating group) is 1. The summed E-state index contributed by atoms with van der Waals surface area (Å²) in [6, 6.07) is 6.73. The van der Waals surface area contributed by atoms with Crippen LogP contribution in [-0.4, -0.2) is 64.3 Å². The Labute approximate surface area is 210 Å². The summed E-state index contributed by atoms with van der Waals surface area (Å²) >= 11 is 0. The minimum atomic E-state index is -0.273. The van der Waals surface area contributed by atoms with Gasteiger partial charge in [0.1, 0.15) is 11.6 Å². The Hall–Kier alpha value is -2.41. The molecule has 0 atom stereocenters. The number of hydrogen-bond donors (Lipinski definition) is 0. The first kappa shape index (κ1) is 25.7. The molecule has 1 saturated heterocycles. The molecule has 1 aromatic heterocycles. The van der Waals surface area contributed by atoms with Crippen molar-refractivity contribution < 1.29 is 9.18 Å². The zero-order chi connectivity index (χ0) is 24.9. The Morgan fingerprint density at radius 1 is 1.17 bits per heavy atom. The second-order valence-corrected chi connectivity index (χ2v) is 10.5. The number of benzene rings is 1. The number of piperazine rings is 1. The molecule has 192 valence electrons. The normalized spacial score (nSPS) is 17.5. The molecular formula is C28H42FN5O. The van der Waals surface area contributed by atoms with Gasteiger partial charge in [0.05, 0.1) is 17.9 Å². The molecule has 0 N–H and O–H groups in total. The minimum absolute atomic E-state index is 0.104. The third-order valence-corrected chi connectivity index (χ3v) is 7.84. The highest BCUT2D eigenvalue weighted by molar-refractivity contribution is 5.77. The van der Waals surface area contributed by atoms with Gasteiger partial charge in [-0.15, -0.1) is 0 Å². The van der Waals surface area contributed by atoms with E-state index in [0.29, 0.717) is 18.9 Å². The number of amides is 1. The van der Waals surface area contributed by atoms with Crippen LogP contribution < -0.4 is 4.90 Å². The van der Waals surface area contributed by atoms with Crippen LogP contribution in [0.1, 0.15) is 70.6 Å². The number of nitrogens with zero attached hydrogens (tertiary/aromatic N) is 5. The molecule has 1 aliphatic carbocycles. The number of aryl methyl sites for hydroxylation is 1. The molecular weight excluding hydrogens is 441 g/mol. The van der Waals surface area contributed by atoms with Gasteiger partial charge in [-0.3, -0.25) is 4.79 Å². The van der Waals surface area contributed by atoms with Crippen LogP contribution in [0.25, 0.3) is 5.69 Å². The van der Waals surface area contributed by atoms with Gasteiger partial charge in [-0.1, -0.05) is 38.7 Å². The monoisotopic (exact) mass is 483 g/mol. The maximum absolute atomic E-state index is 14.2. The van der Waals surface area contributed by atoms with Crippen LogP contribution in [0.3, 0.4) is 0 Å². The topological polar surface area (TPSA) is 44.6 Å². The Bertz CT molecular complexity index is 989. The van der Waals surface area contributed by atoms with Crippen molar-refractivity contribution in [1.29, 1.82) is 0 Å². The average Bonchev–Trinajstić information content (AvgIpc) is 3.48. The highest BCUT2D eigenvalue weighted by atomic mass is 19.1. The molecule has 2 heterocycles. The van der Waals surface area contributed by atoms with Crippen molar-refractivity contribution in [3.63, 3.8) is 0 Å². The maximum Gasteiger partial charge on any atom is 0.223 e. The number of anilines is 1. The fourth-order valence-corrected chi connectivity index (χ4v) is 5.62. The molecule has 0 unspecified atom stereocenters. The van der Waals surface area contributed by atoms with E-state index in [1.165, 1.54) is 37.8 Å². The first-order valence-corrected chi connectivity index (χ1v) is 13.5. The van der Waals surface area contributed by atoms with Crippen molar-refractivity contribution in [2.45, 2.75) is 78.8 Å². The predicted molar refractivity (Wildman–Crippen MR) is 139 cm³/mol. The number of carbonyl (C=O) groups excluding carboxylic acids is 1. The summed E-state index contributed by atoms with van der Waals surface area (Å²) in [6.07, 6.45) is 6.75. The van der Waals surface area contributed by atoms with E-state index in [9.17, 15) is 9.18 Å². The van der Waals surface area contributed by atoms with Crippen LogP contribution in [0.4, 0.5) is 10.2 Å². The molecule has 6 nitrogen and oxygen atoms in total. The van der Waals surface area contributed by atoms with Gasteiger partial charge in [-0.2, -0.15) is 5.10 Å². The van der Waals surface area contributed by atoms with Gasteiger partial charge in [0.2, 0.25) is 5.91 Å². The summed E-state index contributed by atoms with van der Waals surface area (Å²) in [7, 11) is 0. The van der Waals surface area contributed by atoms with E-state index in [-0.39, 0.29) is 17.8 Å². The Kier molecular flexibility index (Phi) is 8.47. The molecule has 7 heteroatoms. The Balaban J connectivity index is 1.63. The lowest BCUT2D eigenvalue weighted by Gasteiger charge is -2.37. The van der Waals surface area contributed by atoms with Crippen LogP contribution >= 0.6 is 0 Å². The summed E-state index contributed by atoms with van der Waals surface area (Å²) in [5.74, 6) is 1.66. The predicted octanol–water partition coefficient (Wildman–Crippen LogP) is 5.17. The average molecular weight is 484 g/mol. The van der Waals surface area contributed by atoms with Crippen LogP contribution in [-0.2, 0) is 11.3 Å². The largest absolute Gasteiger partial charge is 0.354 e. The first-order chi connectivity index (χ1) is 16.9. The molecule has 35 heavy (non-hydrogen) atoms. The van der Waals surface area contributed by atoms with Crippen molar-refractivity contribution in [3.05, 3.63) is 41.3 Å². The van der Waals surface area contributed by atoms with Gasteiger partial charge in [0.25, 0.3) is 0 Å². The summed E-state index contributed by atoms with van der Waals surface area (Å²) in [5, 5.41) is 4.87. The van der Waals surface area contributed by atoms with Gasteiger partial charge < -0.3 is 14.7 Å². The quantitative estimate of drug-likeness (QED) is 0.494. The summed E-state index contributed by atoms with van der Waals surface area (Å²) in [6.45, 7) is 13.7. The molecule has 1 saturated carbocycles. The number of rotatable bonds is 9. The van der Waals surface area contributed by atoms with Crippen molar-refractivity contribution in [1.82, 2.24) is 19.6 Å². The van der Waals surface area contributed by atoms with Crippen LogP contribution in [0.2, 0.25) is 0 Å². The van der Waals surface area contributed by atoms with Crippen LogP contribution in [0, 0.1) is 18.7 Å². The highest BCUT2D eigenvalue weighted by Crippen LogP contribution is 2.32. The van der Waals surface area contributed by atoms with E-state index in [2.05, 4.69) is 30.6 Å². The van der Waals surface area contributed by atoms with Gasteiger partial charge in [0, 0.05) is 44.2 Å². The smallest absolute Gasteiger partial charge is 0.223 e. The zero-order valence-corrected chi connectivity index (χ0v) is 22.0. The Morgan fingerprint density at radius 3 is 2.51 bits per heavy atom. The fraction of sp³-hybridized carbons (Fsp3) is 0.643. The van der Waals surface area contributed by atoms with E-state index in [0.717, 1.165) is 61.9 Å². The minimum Gasteiger partial charge on any atom is -0.354 e. The molecule has 2 aromatic rings. The molecule has 1 aliphatic heterocycles. The van der Waals surface area contributed by atoms with Crippen molar-refractivity contribution in [3.8, 4) is 5.69 Å². The summed E-state index contributed by atoms with van der Waals surface area (Å²) < 4.78 is 16.0. The summed E-state index contributed by atoms with van der Waals surface area (Å²) in [4.78, 5) is 20.2. The molecule has 0 radical (unpaired) electrons. The lowest BCUT2D eigenvalue weighted by atomic mass is 10.0. The summed E-state index contributed by atoms with van der Waals surface area (Å²) in [5.41, 5.74) is 2.69. The number of hydrogen-bond acceptors (Lipinski definition) is 4. The molecule has 2 aliphatic rings. The standard InChI is InChI=1S/C28H42FN5O/c1-5-31-15-17-32(18-16-31)28-26(22(4)30-34(28)25-12-8-11-24(29)19-25)20-33(21(2)3)27(35)14-13-23-9-6-7-10-23/h8,11-12,19,21,23H,5-7,9-10,13-18,20H2,1-4H3. The van der Waals surface area contributed by atoms with Gasteiger partial charge in [0.15, 0.2) is 0 Å². The fourth-order valence-electron chi connectivity index (χ4n) is 5.62. The molecule has 4 rings (SSSR count). The Morgan fingerprint density at radius 2 is 1.89 bits per heavy atom. The second kappa shape index (κ2) is 11.5. The maximum atomic E-state index is 14.2. The lowest BCUT2D eigenvalue weighted by molar-refractivity contribution is -0.133. The van der Waals surface area contributed by atoms with E-state index in [1.807, 2.05) is 22.6 Å². The molecule has 0 bridgehead atoms. The van der Waals surface area contributed by atoms with Gasteiger partial charge >= 0.3 is 0 Å². The molecule has 0 spiro atoms.